The lowest BCUT2D eigenvalue weighted by atomic mass is 9.96. The highest BCUT2D eigenvalue weighted by atomic mass is 16.5. The minimum atomic E-state index is -0.504. The quantitative estimate of drug-likeness (QED) is 0.365. The van der Waals surface area contributed by atoms with Crippen molar-refractivity contribution in [3.63, 3.8) is 0 Å². The van der Waals surface area contributed by atoms with Crippen molar-refractivity contribution in [3.05, 3.63) is 95.6 Å². The molecule has 0 amide bonds. The van der Waals surface area contributed by atoms with Gasteiger partial charge in [-0.15, -0.1) is 0 Å². The molecule has 0 unspecified atom stereocenters. The van der Waals surface area contributed by atoms with E-state index in [0.29, 0.717) is 22.6 Å². The molecule has 0 saturated heterocycles. The molecule has 136 valence electrons. The Bertz CT molecular complexity index is 930. The van der Waals surface area contributed by atoms with Crippen LogP contribution in [0.4, 0.5) is 0 Å². The van der Waals surface area contributed by atoms with Crippen LogP contribution in [0.3, 0.4) is 0 Å². The summed E-state index contributed by atoms with van der Waals surface area (Å²) in [4.78, 5) is 25.1. The molecule has 0 bridgehead atoms. The van der Waals surface area contributed by atoms with Crippen molar-refractivity contribution in [1.82, 2.24) is 0 Å². The summed E-state index contributed by atoms with van der Waals surface area (Å²) in [5.41, 5.74) is 1.89. The van der Waals surface area contributed by atoms with Crippen LogP contribution >= 0.6 is 0 Å². The van der Waals surface area contributed by atoms with Crippen LogP contribution in [0.1, 0.15) is 34.3 Å². The zero-order valence-corrected chi connectivity index (χ0v) is 15.2. The van der Waals surface area contributed by atoms with Gasteiger partial charge in [0.2, 0.25) is 0 Å². The van der Waals surface area contributed by atoms with Crippen molar-refractivity contribution in [1.29, 1.82) is 0 Å². The zero-order valence-electron chi connectivity index (χ0n) is 15.2. The summed E-state index contributed by atoms with van der Waals surface area (Å²) in [6.45, 7) is 1.76. The highest BCUT2D eigenvalue weighted by Gasteiger charge is 2.19. The summed E-state index contributed by atoms with van der Waals surface area (Å²) in [5, 5.41) is 0. The van der Waals surface area contributed by atoms with E-state index in [-0.39, 0.29) is 11.8 Å². The highest BCUT2D eigenvalue weighted by Crippen LogP contribution is 2.23. The second-order valence-electron chi connectivity index (χ2n) is 6.14. The molecule has 3 aromatic carbocycles. The molecule has 0 aliphatic rings. The van der Waals surface area contributed by atoms with E-state index >= 15 is 0 Å². The van der Waals surface area contributed by atoms with E-state index in [1.165, 1.54) is 0 Å². The Morgan fingerprint density at radius 3 is 2.07 bits per heavy atom. The molecule has 0 N–H and O–H groups in total. The Labute approximate surface area is 158 Å². The van der Waals surface area contributed by atoms with Gasteiger partial charge in [0.05, 0.1) is 13.0 Å². The summed E-state index contributed by atoms with van der Waals surface area (Å²) >= 11 is 0. The van der Waals surface area contributed by atoms with Crippen molar-refractivity contribution in [2.45, 2.75) is 12.8 Å². The van der Waals surface area contributed by atoms with Gasteiger partial charge in [0.1, 0.15) is 11.5 Å². The molecule has 0 aliphatic heterocycles. The van der Waals surface area contributed by atoms with Crippen LogP contribution in [0.2, 0.25) is 0 Å². The monoisotopic (exact) mass is 360 g/mol. The smallest absolute Gasteiger partial charge is 0.318 e. The molecule has 3 rings (SSSR count). The predicted molar refractivity (Wildman–Crippen MR) is 103 cm³/mol. The maximum absolute atomic E-state index is 12.6. The lowest BCUT2D eigenvalue weighted by molar-refractivity contribution is -0.135. The topological polar surface area (TPSA) is 52.6 Å². The molecule has 0 radical (unpaired) electrons. The Hall–Kier alpha value is -3.40. The predicted octanol–water partition coefficient (Wildman–Crippen LogP) is 4.64. The molecule has 1 atom stereocenters. The molecule has 0 heterocycles. The normalized spacial score (nSPS) is 11.5. The van der Waals surface area contributed by atoms with E-state index < -0.39 is 5.92 Å². The zero-order chi connectivity index (χ0) is 19.2. The van der Waals surface area contributed by atoms with Gasteiger partial charge in [-0.3, -0.25) is 9.59 Å². The molecule has 4 heteroatoms. The van der Waals surface area contributed by atoms with E-state index in [1.807, 2.05) is 24.3 Å². The molecule has 4 nitrogen and oxygen atoms in total. The number of hydrogen-bond donors (Lipinski definition) is 0. The molecule has 3 aromatic rings. The van der Waals surface area contributed by atoms with E-state index in [4.69, 9.17) is 9.47 Å². The summed E-state index contributed by atoms with van der Waals surface area (Å²) in [5.74, 6) is 0.174. The summed E-state index contributed by atoms with van der Waals surface area (Å²) in [6, 6.07) is 23.0. The third-order valence-corrected chi connectivity index (χ3v) is 4.32. The van der Waals surface area contributed by atoms with Gasteiger partial charge in [-0.05, 0) is 42.8 Å². The van der Waals surface area contributed by atoms with Crippen LogP contribution in [0.15, 0.2) is 78.9 Å². The van der Waals surface area contributed by atoms with Gasteiger partial charge in [-0.2, -0.15) is 0 Å². The lowest BCUT2D eigenvalue weighted by Gasteiger charge is -2.13. The maximum atomic E-state index is 12.6. The Morgan fingerprint density at radius 2 is 1.41 bits per heavy atom. The molecule has 0 saturated carbocycles. The number of ketones is 1. The number of carbonyl (C=O) groups is 2. The largest absolute Gasteiger partial charge is 0.497 e. The van der Waals surface area contributed by atoms with Crippen LogP contribution in [-0.4, -0.2) is 18.9 Å². The van der Waals surface area contributed by atoms with Crippen LogP contribution in [0.25, 0.3) is 0 Å². The Morgan fingerprint density at radius 1 is 0.778 bits per heavy atom. The van der Waals surface area contributed by atoms with Gasteiger partial charge < -0.3 is 9.47 Å². The number of benzene rings is 3. The third-order valence-electron chi connectivity index (χ3n) is 4.32. The summed E-state index contributed by atoms with van der Waals surface area (Å²) in [7, 11) is 1.58. The van der Waals surface area contributed by atoms with Gasteiger partial charge >= 0.3 is 5.97 Å². The molecule has 0 fully saturated rings. The van der Waals surface area contributed by atoms with Crippen LogP contribution in [0, 0.1) is 0 Å². The first-order valence-corrected chi connectivity index (χ1v) is 8.64. The van der Waals surface area contributed by atoms with Crippen LogP contribution in [0.5, 0.6) is 11.5 Å². The molecular weight excluding hydrogens is 340 g/mol. The number of hydrogen-bond acceptors (Lipinski definition) is 4. The standard InChI is InChI=1S/C23H20O4/c1-16(23(25)27-21-13-11-20(26-2)12-14-21)18-9-6-10-19(15-18)22(24)17-7-4-3-5-8-17/h3-16H,1-2H3/t16-/m1/s1. The number of ether oxygens (including phenoxy) is 2. The average molecular weight is 360 g/mol. The van der Waals surface area contributed by atoms with Crippen molar-refractivity contribution in [3.8, 4) is 11.5 Å². The van der Waals surface area contributed by atoms with E-state index in [2.05, 4.69) is 0 Å². The molecule has 27 heavy (non-hydrogen) atoms. The molecule has 0 aliphatic carbocycles. The minimum Gasteiger partial charge on any atom is -0.497 e. The third kappa shape index (κ3) is 4.42. The van der Waals surface area contributed by atoms with Gasteiger partial charge in [0, 0.05) is 11.1 Å². The molecule has 0 spiro atoms. The minimum absolute atomic E-state index is 0.0758. The maximum Gasteiger partial charge on any atom is 0.318 e. The Balaban J connectivity index is 1.75. The van der Waals surface area contributed by atoms with Crippen LogP contribution in [-0.2, 0) is 4.79 Å². The lowest BCUT2D eigenvalue weighted by Crippen LogP contribution is -2.16. The average Bonchev–Trinajstić information content (AvgIpc) is 2.74. The van der Waals surface area contributed by atoms with Crippen molar-refractivity contribution >= 4 is 11.8 Å². The second-order valence-corrected chi connectivity index (χ2v) is 6.14. The van der Waals surface area contributed by atoms with E-state index in [0.717, 1.165) is 5.56 Å². The second kappa shape index (κ2) is 8.32. The van der Waals surface area contributed by atoms with Gasteiger partial charge in [-0.1, -0.05) is 48.5 Å². The first-order chi connectivity index (χ1) is 13.1. The van der Waals surface area contributed by atoms with E-state index in [1.54, 1.807) is 68.6 Å². The van der Waals surface area contributed by atoms with Crippen molar-refractivity contribution < 1.29 is 19.1 Å². The van der Waals surface area contributed by atoms with Crippen molar-refractivity contribution in [2.75, 3.05) is 7.11 Å². The van der Waals surface area contributed by atoms with Gasteiger partial charge in [0.25, 0.3) is 0 Å². The Kier molecular flexibility index (Phi) is 5.67. The first-order valence-electron chi connectivity index (χ1n) is 8.64. The SMILES string of the molecule is COc1ccc(OC(=O)[C@H](C)c2cccc(C(=O)c3ccccc3)c2)cc1. The summed E-state index contributed by atoms with van der Waals surface area (Å²) < 4.78 is 10.5. The highest BCUT2D eigenvalue weighted by molar-refractivity contribution is 6.09. The van der Waals surface area contributed by atoms with Gasteiger partial charge in [-0.25, -0.2) is 0 Å². The first kappa shape index (κ1) is 18.4. The van der Waals surface area contributed by atoms with Gasteiger partial charge in [0.15, 0.2) is 5.78 Å². The molecular formula is C23H20O4. The van der Waals surface area contributed by atoms with Crippen molar-refractivity contribution in [2.24, 2.45) is 0 Å². The fourth-order valence-corrected chi connectivity index (χ4v) is 2.69. The molecule has 0 aromatic heterocycles. The fourth-order valence-electron chi connectivity index (χ4n) is 2.69. The number of esters is 1. The number of rotatable bonds is 6. The van der Waals surface area contributed by atoms with Crippen LogP contribution < -0.4 is 9.47 Å². The summed E-state index contributed by atoms with van der Waals surface area (Å²) in [6.07, 6.45) is 0. The van der Waals surface area contributed by atoms with E-state index in [9.17, 15) is 9.59 Å². The number of methoxy groups -OCH3 is 1. The fraction of sp³-hybridized carbons (Fsp3) is 0.130. The number of carbonyl (C=O) groups excluding carboxylic acids is 2.